The van der Waals surface area contributed by atoms with E-state index in [1.165, 1.54) is 0 Å². The molecule has 0 saturated heterocycles. The zero-order chi connectivity index (χ0) is 17.9. The first-order chi connectivity index (χ1) is 12.7. The van der Waals surface area contributed by atoms with Gasteiger partial charge < -0.3 is 10.2 Å². The molecule has 0 bridgehead atoms. The smallest absolute Gasteiger partial charge is 0.258 e. The topological polar surface area (TPSA) is 45.2 Å². The minimum absolute atomic E-state index is 0.00196. The number of amides is 1. The van der Waals surface area contributed by atoms with E-state index in [4.69, 9.17) is 11.6 Å². The lowest BCUT2D eigenvalue weighted by atomic mass is 9.98. The molecule has 26 heavy (non-hydrogen) atoms. The van der Waals surface area contributed by atoms with Crippen LogP contribution in [0.15, 0.2) is 67.0 Å². The number of halogens is 1. The molecular weight excluding hydrogens is 346 g/mol. The summed E-state index contributed by atoms with van der Waals surface area (Å²) in [7, 11) is 0. The second kappa shape index (κ2) is 7.18. The Kier molecular flexibility index (Phi) is 4.59. The highest BCUT2D eigenvalue weighted by atomic mass is 35.5. The standard InChI is InChI=1S/C21H18ClN3O/c22-17-6-7-20-16(11-17)8-9-25(21(20)26)19-10-15(12-23-14-19)13-24-18-4-2-1-3-5-18/h1-7,10-12,14,24H,8-9,13H2. The van der Waals surface area contributed by atoms with Crippen molar-refractivity contribution in [2.24, 2.45) is 0 Å². The van der Waals surface area contributed by atoms with Crippen LogP contribution < -0.4 is 10.2 Å². The van der Waals surface area contributed by atoms with Crippen LogP contribution in [-0.4, -0.2) is 17.4 Å². The number of benzene rings is 2. The molecule has 1 amide bonds. The van der Waals surface area contributed by atoms with Crippen molar-refractivity contribution < 1.29 is 4.79 Å². The SMILES string of the molecule is O=C1c2ccc(Cl)cc2CCN1c1cncc(CNc2ccccc2)c1. The average Bonchev–Trinajstić information content (AvgIpc) is 2.67. The molecule has 1 aromatic heterocycles. The van der Waals surface area contributed by atoms with Crippen LogP contribution in [-0.2, 0) is 13.0 Å². The summed E-state index contributed by atoms with van der Waals surface area (Å²) in [4.78, 5) is 19.0. The molecule has 130 valence electrons. The Balaban J connectivity index is 1.53. The van der Waals surface area contributed by atoms with E-state index in [0.29, 0.717) is 23.7 Å². The van der Waals surface area contributed by atoms with Crippen LogP contribution in [0, 0.1) is 0 Å². The number of aromatic nitrogens is 1. The van der Waals surface area contributed by atoms with Gasteiger partial charge in [-0.1, -0.05) is 29.8 Å². The van der Waals surface area contributed by atoms with Crippen molar-refractivity contribution in [2.75, 3.05) is 16.8 Å². The summed E-state index contributed by atoms with van der Waals surface area (Å²) in [5.41, 5.74) is 4.63. The van der Waals surface area contributed by atoms with Gasteiger partial charge in [0.25, 0.3) is 5.91 Å². The van der Waals surface area contributed by atoms with Gasteiger partial charge in [0.05, 0.1) is 11.9 Å². The fourth-order valence-corrected chi connectivity index (χ4v) is 3.38. The predicted octanol–water partition coefficient (Wildman–Crippen LogP) is 4.55. The molecule has 1 aliphatic heterocycles. The molecule has 0 unspecified atom stereocenters. The maximum absolute atomic E-state index is 12.9. The quantitative estimate of drug-likeness (QED) is 0.739. The Labute approximate surface area is 157 Å². The van der Waals surface area contributed by atoms with Crippen molar-refractivity contribution in [1.29, 1.82) is 0 Å². The summed E-state index contributed by atoms with van der Waals surface area (Å²) < 4.78 is 0. The third-order valence-electron chi connectivity index (χ3n) is 4.51. The summed E-state index contributed by atoms with van der Waals surface area (Å²) in [6, 6.07) is 17.5. The molecule has 2 aromatic carbocycles. The van der Waals surface area contributed by atoms with Gasteiger partial charge in [0.2, 0.25) is 0 Å². The van der Waals surface area contributed by atoms with E-state index in [2.05, 4.69) is 10.3 Å². The van der Waals surface area contributed by atoms with Gasteiger partial charge in [-0.2, -0.15) is 0 Å². The van der Waals surface area contributed by atoms with E-state index < -0.39 is 0 Å². The third-order valence-corrected chi connectivity index (χ3v) is 4.75. The minimum Gasteiger partial charge on any atom is -0.381 e. The number of hydrogen-bond acceptors (Lipinski definition) is 3. The fraction of sp³-hybridized carbons (Fsp3) is 0.143. The van der Waals surface area contributed by atoms with Crippen molar-refractivity contribution in [3.8, 4) is 0 Å². The van der Waals surface area contributed by atoms with Gasteiger partial charge in [-0.05, 0) is 53.9 Å². The Bertz CT molecular complexity index is 943. The Morgan fingerprint density at radius 3 is 2.77 bits per heavy atom. The largest absolute Gasteiger partial charge is 0.381 e. The van der Waals surface area contributed by atoms with Crippen LogP contribution in [0.4, 0.5) is 11.4 Å². The van der Waals surface area contributed by atoms with Gasteiger partial charge in [-0.3, -0.25) is 9.78 Å². The second-order valence-corrected chi connectivity index (χ2v) is 6.72. The Hall–Kier alpha value is -2.85. The summed E-state index contributed by atoms with van der Waals surface area (Å²) in [6.07, 6.45) is 4.35. The zero-order valence-corrected chi connectivity index (χ0v) is 14.9. The first kappa shape index (κ1) is 16.6. The highest BCUT2D eigenvalue weighted by Crippen LogP contribution is 2.26. The number of hydrogen-bond donors (Lipinski definition) is 1. The van der Waals surface area contributed by atoms with Crippen molar-refractivity contribution in [3.05, 3.63) is 88.7 Å². The fourth-order valence-electron chi connectivity index (χ4n) is 3.18. The van der Waals surface area contributed by atoms with E-state index in [9.17, 15) is 4.79 Å². The van der Waals surface area contributed by atoms with Crippen molar-refractivity contribution in [3.63, 3.8) is 0 Å². The van der Waals surface area contributed by atoms with Gasteiger partial charge in [0.15, 0.2) is 0 Å². The van der Waals surface area contributed by atoms with Gasteiger partial charge in [-0.15, -0.1) is 0 Å². The maximum Gasteiger partial charge on any atom is 0.258 e. The van der Waals surface area contributed by atoms with E-state index >= 15 is 0 Å². The molecule has 0 saturated carbocycles. The van der Waals surface area contributed by atoms with Gasteiger partial charge in [-0.25, -0.2) is 0 Å². The predicted molar refractivity (Wildman–Crippen MR) is 105 cm³/mol. The molecule has 0 spiro atoms. The van der Waals surface area contributed by atoms with E-state index in [1.807, 2.05) is 48.7 Å². The van der Waals surface area contributed by atoms with Gasteiger partial charge in [0.1, 0.15) is 0 Å². The summed E-state index contributed by atoms with van der Waals surface area (Å²) in [5, 5.41) is 4.03. The summed E-state index contributed by atoms with van der Waals surface area (Å²) in [6.45, 7) is 1.28. The number of nitrogens with zero attached hydrogens (tertiary/aromatic N) is 2. The first-order valence-electron chi connectivity index (χ1n) is 8.54. The molecule has 0 radical (unpaired) electrons. The van der Waals surface area contributed by atoms with E-state index in [0.717, 1.165) is 28.9 Å². The molecule has 1 aliphatic rings. The summed E-state index contributed by atoms with van der Waals surface area (Å²) in [5.74, 6) is -0.00196. The number of pyridine rings is 1. The van der Waals surface area contributed by atoms with Crippen molar-refractivity contribution >= 4 is 28.9 Å². The van der Waals surface area contributed by atoms with Crippen molar-refractivity contribution in [1.82, 2.24) is 4.98 Å². The van der Waals surface area contributed by atoms with Gasteiger partial charge in [0, 0.05) is 35.6 Å². The van der Waals surface area contributed by atoms with Crippen LogP contribution in [0.2, 0.25) is 5.02 Å². The number of rotatable bonds is 4. The number of fused-ring (bicyclic) bond motifs is 1. The molecular formula is C21H18ClN3O. The van der Waals surface area contributed by atoms with Crippen LogP contribution in [0.5, 0.6) is 0 Å². The monoisotopic (exact) mass is 363 g/mol. The Morgan fingerprint density at radius 2 is 1.92 bits per heavy atom. The lowest BCUT2D eigenvalue weighted by Gasteiger charge is -2.28. The zero-order valence-electron chi connectivity index (χ0n) is 14.2. The second-order valence-electron chi connectivity index (χ2n) is 6.28. The number of para-hydroxylation sites is 1. The van der Waals surface area contributed by atoms with Crippen LogP contribution >= 0.6 is 11.6 Å². The molecule has 4 rings (SSSR count). The van der Waals surface area contributed by atoms with E-state index in [-0.39, 0.29) is 5.91 Å². The Morgan fingerprint density at radius 1 is 1.08 bits per heavy atom. The molecule has 3 aromatic rings. The first-order valence-corrected chi connectivity index (χ1v) is 8.91. The lowest BCUT2D eigenvalue weighted by molar-refractivity contribution is 0.0980. The average molecular weight is 364 g/mol. The van der Waals surface area contributed by atoms with Crippen molar-refractivity contribution in [2.45, 2.75) is 13.0 Å². The molecule has 5 heteroatoms. The number of anilines is 2. The summed E-state index contributed by atoms with van der Waals surface area (Å²) >= 11 is 6.04. The molecule has 0 aliphatic carbocycles. The van der Waals surface area contributed by atoms with Gasteiger partial charge >= 0.3 is 0 Å². The van der Waals surface area contributed by atoms with Crippen LogP contribution in [0.25, 0.3) is 0 Å². The molecule has 0 fully saturated rings. The number of carbonyl (C=O) groups excluding carboxylic acids is 1. The highest BCUT2D eigenvalue weighted by molar-refractivity contribution is 6.30. The lowest BCUT2D eigenvalue weighted by Crippen LogP contribution is -2.37. The highest BCUT2D eigenvalue weighted by Gasteiger charge is 2.25. The minimum atomic E-state index is -0.00196. The number of nitrogens with one attached hydrogen (secondary N) is 1. The molecule has 4 nitrogen and oxygen atoms in total. The van der Waals surface area contributed by atoms with E-state index in [1.54, 1.807) is 23.2 Å². The molecule has 1 N–H and O–H groups in total. The molecule has 0 atom stereocenters. The van der Waals surface area contributed by atoms with Crippen LogP contribution in [0.3, 0.4) is 0 Å². The normalized spacial score (nSPS) is 13.4. The third kappa shape index (κ3) is 3.41. The maximum atomic E-state index is 12.9. The molecule has 2 heterocycles. The van der Waals surface area contributed by atoms with Crippen LogP contribution in [0.1, 0.15) is 21.5 Å². The number of carbonyl (C=O) groups is 1.